The maximum atomic E-state index is 13.6. The van der Waals surface area contributed by atoms with Crippen molar-refractivity contribution in [1.82, 2.24) is 0 Å². The van der Waals surface area contributed by atoms with Crippen LogP contribution in [-0.2, 0) is 37.9 Å². The number of halogens is 5. The lowest BCUT2D eigenvalue weighted by Gasteiger charge is -2.53. The number of aromatic hydroxyl groups is 3. The van der Waals surface area contributed by atoms with E-state index in [9.17, 15) is 76.3 Å². The molecule has 21 heteroatoms. The van der Waals surface area contributed by atoms with Gasteiger partial charge in [-0.25, -0.2) is 0 Å². The molecular weight excluding hydrogens is 1070 g/mol. The van der Waals surface area contributed by atoms with E-state index in [4.69, 9.17) is 19.9 Å². The Morgan fingerprint density at radius 3 is 2.24 bits per heavy atom. The summed E-state index contributed by atoms with van der Waals surface area (Å²) in [6.45, 7) is 2.86. The normalized spacial score (nSPS) is 30.2. The van der Waals surface area contributed by atoms with E-state index in [0.717, 1.165) is 77.0 Å². The molecule has 1 unspecified atom stereocenters. The maximum absolute atomic E-state index is 13.6. The first-order valence-corrected chi connectivity index (χ1v) is 29.5. The zero-order valence-corrected chi connectivity index (χ0v) is 46.3. The molecule has 1 saturated heterocycles. The van der Waals surface area contributed by atoms with Crippen molar-refractivity contribution in [3.8, 4) is 23.0 Å². The molecule has 442 valence electrons. The lowest BCUT2D eigenvalue weighted by atomic mass is 9.52. The zero-order chi connectivity index (χ0) is 58.2. The van der Waals surface area contributed by atoms with E-state index in [1.54, 1.807) is 6.92 Å². The number of unbranched alkanes of at least 4 members (excludes halogenated alkanes) is 6. The molecule has 9 N–H and O–H groups in total. The van der Waals surface area contributed by atoms with Crippen LogP contribution in [0, 0.1) is 23.2 Å². The van der Waals surface area contributed by atoms with Gasteiger partial charge in [0.05, 0.1) is 48.2 Å². The molecule has 9 rings (SSSR count). The van der Waals surface area contributed by atoms with Gasteiger partial charge in [-0.1, -0.05) is 63.6 Å². The maximum Gasteiger partial charge on any atom is 0.453 e. The highest BCUT2D eigenvalue weighted by molar-refractivity contribution is 7.84. The number of methoxy groups -OCH3 is 1. The summed E-state index contributed by atoms with van der Waals surface area (Å²) in [6.07, 6.45) is 0.850. The second-order valence-electron chi connectivity index (χ2n) is 23.4. The van der Waals surface area contributed by atoms with Crippen LogP contribution < -0.4 is 10.5 Å². The molecule has 0 amide bonds. The van der Waals surface area contributed by atoms with Gasteiger partial charge < -0.3 is 55.7 Å². The fourth-order valence-corrected chi connectivity index (χ4v) is 15.2. The van der Waals surface area contributed by atoms with Crippen LogP contribution in [0.5, 0.6) is 23.0 Å². The van der Waals surface area contributed by atoms with Crippen LogP contribution in [0.1, 0.15) is 183 Å². The molecule has 0 bridgehead atoms. The van der Waals surface area contributed by atoms with Gasteiger partial charge in [-0.15, -0.1) is 0 Å². The Kier molecular flexibility index (Phi) is 19.0. The van der Waals surface area contributed by atoms with Gasteiger partial charge in [0.2, 0.25) is 5.78 Å². The van der Waals surface area contributed by atoms with E-state index in [-0.39, 0.29) is 51.7 Å². The number of fused-ring (bicyclic) bond motifs is 8. The number of phenols is 3. The Morgan fingerprint density at radius 1 is 0.887 bits per heavy atom. The number of aliphatic hydroxyl groups is 4. The molecule has 6 aliphatic rings. The average molecular weight is 1150 g/mol. The predicted octanol–water partition coefficient (Wildman–Crippen LogP) is 8.68. The Labute approximate surface area is 464 Å². The summed E-state index contributed by atoms with van der Waals surface area (Å²) >= 11 is 0. The zero-order valence-electron chi connectivity index (χ0n) is 45.5. The molecular formula is C59H76F5NO14S. The van der Waals surface area contributed by atoms with Gasteiger partial charge in [0.25, 0.3) is 0 Å². The van der Waals surface area contributed by atoms with Crippen molar-refractivity contribution in [3.63, 3.8) is 0 Å². The quantitative estimate of drug-likeness (QED) is 0.0248. The molecule has 3 aromatic carbocycles. The standard InChI is InChI=1S/C32H47F5O3S.C27H29NO11/c1-30-17-15-26-25-12-11-24(38)21-23(25)20-22(29(26)27(30)13-14-28(30)39)10-7-5-3-2-4-6-8-18-41(40)19-9-16-31(33,34)32(35,36)37;1-10-22(31)13(28)6-17(38-10)39-15-8-27(36,16(30)9-29)7-12-19(15)26(35)21-20(24(12)33)23(32)11-4-3-5-14(37-2)18(11)25(21)34/h11-12,21-22,26-29,38-39H,2-10,13-20H2,1H3;3-5,10,13,15,17,22,29,31,33,35-36H,6-9,28H2,1-2H3/t22-,26-,27+,28+,29-,30+,41?;10-,13-,15-,17-,22-,27-/m10/s1. The average Bonchev–Trinajstić information content (AvgIpc) is 3.72. The number of benzene rings is 3. The van der Waals surface area contributed by atoms with E-state index in [1.807, 2.05) is 12.1 Å². The minimum Gasteiger partial charge on any atom is -0.508 e. The van der Waals surface area contributed by atoms with Crippen molar-refractivity contribution in [1.29, 1.82) is 0 Å². The van der Waals surface area contributed by atoms with Gasteiger partial charge >= 0.3 is 12.1 Å². The molecule has 0 spiro atoms. The molecule has 3 fully saturated rings. The summed E-state index contributed by atoms with van der Waals surface area (Å²) in [5.41, 5.74) is 5.10. The van der Waals surface area contributed by atoms with E-state index in [2.05, 4.69) is 13.0 Å². The third-order valence-electron chi connectivity index (χ3n) is 18.4. The number of phenolic OH excluding ortho intramolecular Hbond substituents is 3. The van der Waals surface area contributed by atoms with Crippen molar-refractivity contribution < 1.29 is 90.5 Å². The lowest BCUT2D eigenvalue weighted by molar-refractivity contribution is -0.284. The molecule has 5 aliphatic carbocycles. The number of ether oxygens (including phenoxy) is 3. The third kappa shape index (κ3) is 12.2. The lowest BCUT2D eigenvalue weighted by Crippen LogP contribution is -2.53. The Hall–Kier alpha value is -4.61. The number of hydrogen-bond donors (Lipinski definition) is 8. The molecule has 80 heavy (non-hydrogen) atoms. The summed E-state index contributed by atoms with van der Waals surface area (Å²) in [4.78, 5) is 39.7. The fraction of sp³-hybridized carbons (Fsp3) is 0.644. The number of aliphatic hydroxyl groups excluding tert-OH is 3. The number of ketones is 3. The third-order valence-corrected chi connectivity index (χ3v) is 19.9. The number of rotatable bonds is 19. The largest absolute Gasteiger partial charge is 0.508 e. The topological polar surface area (TPSA) is 264 Å². The molecule has 1 aliphatic heterocycles. The highest BCUT2D eigenvalue weighted by Gasteiger charge is 2.58. The van der Waals surface area contributed by atoms with Gasteiger partial charge in [-0.2, -0.15) is 22.0 Å². The highest BCUT2D eigenvalue weighted by Crippen LogP contribution is 2.63. The van der Waals surface area contributed by atoms with Crippen LogP contribution in [0.2, 0.25) is 0 Å². The summed E-state index contributed by atoms with van der Waals surface area (Å²) in [6, 6.07) is 9.55. The number of carbonyl (C=O) groups is 3. The van der Waals surface area contributed by atoms with Gasteiger partial charge in [0.15, 0.2) is 17.9 Å². The summed E-state index contributed by atoms with van der Waals surface area (Å²) in [5, 5.41) is 74.7. The first-order chi connectivity index (χ1) is 37.8. The van der Waals surface area contributed by atoms with Crippen molar-refractivity contribution in [2.24, 2.45) is 28.9 Å². The smallest absolute Gasteiger partial charge is 0.453 e. The fourth-order valence-electron chi connectivity index (χ4n) is 14.0. The first kappa shape index (κ1) is 61.5. The molecule has 0 radical (unpaired) electrons. The van der Waals surface area contributed by atoms with Crippen LogP contribution >= 0.6 is 0 Å². The Morgan fingerprint density at radius 2 is 1.56 bits per heavy atom. The second-order valence-corrected chi connectivity index (χ2v) is 25.0. The minimum absolute atomic E-state index is 0.0173. The Bertz CT molecular complexity index is 2780. The SMILES string of the molecule is COc1cccc2c1C(=O)c1c(O)c3c(c(O)c1C2=O)C[C@@](O)(C(=O)CO)C[C@@H]3O[C@H]1C[C@H](N)[C@@H](O)[C@H](C)O1.C[C@]12CC[C@@H]3c4ccc(O)cc4C[C@@H](CCCCCCCCCS(=O)CCCC(F)(F)C(F)(F)F)[C@H]3[C@@H]1CC[C@@H]2O. The highest BCUT2D eigenvalue weighted by atomic mass is 32.2. The number of hydrogen-bond acceptors (Lipinski definition) is 15. The van der Waals surface area contributed by atoms with E-state index < -0.39 is 131 Å². The molecule has 2 saturated carbocycles. The monoisotopic (exact) mass is 1150 g/mol. The van der Waals surface area contributed by atoms with E-state index >= 15 is 0 Å². The molecule has 3 aromatic rings. The van der Waals surface area contributed by atoms with Gasteiger partial charge in [0, 0.05) is 70.7 Å². The molecule has 15 nitrogen and oxygen atoms in total. The van der Waals surface area contributed by atoms with Crippen molar-refractivity contribution in [2.45, 2.75) is 190 Å². The number of carbonyl (C=O) groups excluding carboxylic acids is 3. The summed E-state index contributed by atoms with van der Waals surface area (Å²) in [5.74, 6) is -5.69. The number of Topliss-reactive ketones (excluding diaryl/α,β-unsaturated/α-hetero) is 1. The van der Waals surface area contributed by atoms with Crippen molar-refractivity contribution in [2.75, 3.05) is 25.2 Å². The van der Waals surface area contributed by atoms with Gasteiger partial charge in [0.1, 0.15) is 35.2 Å². The van der Waals surface area contributed by atoms with Gasteiger partial charge in [-0.05, 0) is 117 Å². The van der Waals surface area contributed by atoms with E-state index in [1.165, 1.54) is 36.4 Å². The number of nitrogens with two attached hydrogens (primary N) is 1. The van der Waals surface area contributed by atoms with Crippen LogP contribution in [-0.4, -0.2) is 131 Å². The Balaban J connectivity index is 0.000000210. The predicted molar refractivity (Wildman–Crippen MR) is 284 cm³/mol. The molecule has 1 heterocycles. The van der Waals surface area contributed by atoms with E-state index in [0.29, 0.717) is 41.6 Å². The molecule has 13 atom stereocenters. The van der Waals surface area contributed by atoms with Crippen molar-refractivity contribution in [3.05, 3.63) is 80.9 Å². The summed E-state index contributed by atoms with van der Waals surface area (Å²) < 4.78 is 91.5. The second kappa shape index (κ2) is 24.7. The van der Waals surface area contributed by atoms with Crippen LogP contribution in [0.15, 0.2) is 36.4 Å². The minimum atomic E-state index is -5.54. The summed E-state index contributed by atoms with van der Waals surface area (Å²) in [7, 11) is -0.0328. The number of alkyl halides is 5. The van der Waals surface area contributed by atoms with Crippen LogP contribution in [0.3, 0.4) is 0 Å². The van der Waals surface area contributed by atoms with Gasteiger partial charge in [-0.3, -0.25) is 18.6 Å². The first-order valence-electron chi connectivity index (χ1n) is 28.0. The van der Waals surface area contributed by atoms with Crippen molar-refractivity contribution >= 4 is 28.1 Å². The van der Waals surface area contributed by atoms with Crippen LogP contribution in [0.25, 0.3) is 0 Å². The molecule has 0 aromatic heterocycles. The van der Waals surface area contributed by atoms with Crippen LogP contribution in [0.4, 0.5) is 22.0 Å².